The van der Waals surface area contributed by atoms with Gasteiger partial charge in [-0.25, -0.2) is 14.5 Å². The SMILES string of the molecule is O=[N+]([O-])c1cnc2n1CC(O)Cn1ccnc1-2. The van der Waals surface area contributed by atoms with Gasteiger partial charge >= 0.3 is 5.82 Å². The molecule has 3 heterocycles. The van der Waals surface area contributed by atoms with Crippen molar-refractivity contribution in [2.45, 2.75) is 19.2 Å². The molecule has 3 rings (SSSR count). The smallest absolute Gasteiger partial charge is 0.343 e. The van der Waals surface area contributed by atoms with E-state index in [0.717, 1.165) is 0 Å². The van der Waals surface area contributed by atoms with Crippen LogP contribution in [0.3, 0.4) is 0 Å². The van der Waals surface area contributed by atoms with Crippen LogP contribution in [0.5, 0.6) is 0 Å². The van der Waals surface area contributed by atoms with Gasteiger partial charge in [0, 0.05) is 12.4 Å². The molecule has 0 saturated heterocycles. The summed E-state index contributed by atoms with van der Waals surface area (Å²) in [5.74, 6) is 0.823. The molecule has 1 aliphatic heterocycles. The Morgan fingerprint density at radius 3 is 3.00 bits per heavy atom. The second kappa shape index (κ2) is 3.39. The molecule has 1 N–H and O–H groups in total. The molecule has 88 valence electrons. The Labute approximate surface area is 95.3 Å². The first-order valence-corrected chi connectivity index (χ1v) is 5.06. The van der Waals surface area contributed by atoms with Crippen LogP contribution in [-0.4, -0.2) is 35.2 Å². The van der Waals surface area contributed by atoms with Crippen molar-refractivity contribution in [3.8, 4) is 11.6 Å². The summed E-state index contributed by atoms with van der Waals surface area (Å²) >= 11 is 0. The Morgan fingerprint density at radius 1 is 1.41 bits per heavy atom. The average Bonchev–Trinajstić information content (AvgIpc) is 2.82. The summed E-state index contributed by atoms with van der Waals surface area (Å²) in [5.41, 5.74) is 0. The lowest BCUT2D eigenvalue weighted by molar-refractivity contribution is -0.392. The van der Waals surface area contributed by atoms with Crippen molar-refractivity contribution in [3.05, 3.63) is 28.7 Å². The minimum absolute atomic E-state index is 0.129. The van der Waals surface area contributed by atoms with E-state index in [0.29, 0.717) is 18.2 Å². The number of fused-ring (bicyclic) bond motifs is 3. The van der Waals surface area contributed by atoms with Crippen LogP contribution < -0.4 is 0 Å². The molecule has 0 fully saturated rings. The first kappa shape index (κ1) is 9.97. The van der Waals surface area contributed by atoms with Gasteiger partial charge in [-0.2, -0.15) is 0 Å². The summed E-state index contributed by atoms with van der Waals surface area (Å²) < 4.78 is 3.12. The summed E-state index contributed by atoms with van der Waals surface area (Å²) in [6, 6.07) is 0. The van der Waals surface area contributed by atoms with E-state index in [1.54, 1.807) is 17.0 Å². The number of aliphatic hydroxyl groups is 1. The number of hydrogen-bond donors (Lipinski definition) is 1. The van der Waals surface area contributed by atoms with E-state index >= 15 is 0 Å². The highest BCUT2D eigenvalue weighted by Gasteiger charge is 2.30. The van der Waals surface area contributed by atoms with Gasteiger partial charge in [0.1, 0.15) is 18.8 Å². The maximum absolute atomic E-state index is 10.8. The maximum atomic E-state index is 10.8. The third-order valence-corrected chi connectivity index (χ3v) is 2.74. The van der Waals surface area contributed by atoms with Crippen molar-refractivity contribution in [2.24, 2.45) is 0 Å². The molecule has 0 saturated carbocycles. The van der Waals surface area contributed by atoms with Gasteiger partial charge < -0.3 is 19.8 Å². The van der Waals surface area contributed by atoms with Gasteiger partial charge in [-0.15, -0.1) is 0 Å². The molecule has 8 nitrogen and oxygen atoms in total. The second-order valence-corrected chi connectivity index (χ2v) is 3.86. The Morgan fingerprint density at radius 2 is 2.24 bits per heavy atom. The maximum Gasteiger partial charge on any atom is 0.343 e. The van der Waals surface area contributed by atoms with Gasteiger partial charge in [0.05, 0.1) is 6.54 Å². The van der Waals surface area contributed by atoms with Crippen molar-refractivity contribution in [3.63, 3.8) is 0 Å². The van der Waals surface area contributed by atoms with Crippen LogP contribution in [-0.2, 0) is 13.1 Å². The molecule has 0 spiro atoms. The largest absolute Gasteiger partial charge is 0.387 e. The predicted octanol–water partition coefficient (Wildman–Crippen LogP) is 0.0293. The van der Waals surface area contributed by atoms with E-state index in [9.17, 15) is 15.2 Å². The lowest BCUT2D eigenvalue weighted by Crippen LogP contribution is -2.19. The number of aliphatic hydroxyl groups excluding tert-OH is 1. The van der Waals surface area contributed by atoms with E-state index in [1.165, 1.54) is 10.8 Å². The van der Waals surface area contributed by atoms with E-state index in [-0.39, 0.29) is 12.4 Å². The van der Waals surface area contributed by atoms with Crippen LogP contribution in [0, 0.1) is 10.1 Å². The molecule has 0 radical (unpaired) electrons. The van der Waals surface area contributed by atoms with Gasteiger partial charge in [-0.05, 0) is 4.92 Å². The minimum Gasteiger partial charge on any atom is -0.387 e. The first-order chi connectivity index (χ1) is 8.16. The molecule has 17 heavy (non-hydrogen) atoms. The third-order valence-electron chi connectivity index (χ3n) is 2.74. The number of imidazole rings is 2. The van der Waals surface area contributed by atoms with Crippen molar-refractivity contribution < 1.29 is 10.0 Å². The molecule has 2 aromatic heterocycles. The normalized spacial score (nSPS) is 18.3. The van der Waals surface area contributed by atoms with Crippen LogP contribution >= 0.6 is 0 Å². The van der Waals surface area contributed by atoms with Crippen LogP contribution in [0.25, 0.3) is 11.6 Å². The zero-order valence-electron chi connectivity index (χ0n) is 8.72. The van der Waals surface area contributed by atoms with E-state index in [2.05, 4.69) is 9.97 Å². The zero-order chi connectivity index (χ0) is 12.0. The fraction of sp³-hybridized carbons (Fsp3) is 0.333. The molecule has 0 bridgehead atoms. The van der Waals surface area contributed by atoms with Crippen molar-refractivity contribution in [2.75, 3.05) is 0 Å². The molecule has 0 aromatic carbocycles. The molecule has 1 atom stereocenters. The molecule has 1 unspecified atom stereocenters. The highest BCUT2D eigenvalue weighted by molar-refractivity contribution is 5.49. The number of nitrogens with zero attached hydrogens (tertiary/aromatic N) is 5. The molecule has 2 aromatic rings. The summed E-state index contributed by atoms with van der Waals surface area (Å²) in [4.78, 5) is 18.5. The van der Waals surface area contributed by atoms with Crippen LogP contribution in [0.1, 0.15) is 0 Å². The lowest BCUT2D eigenvalue weighted by Gasteiger charge is -2.06. The molecular weight excluding hydrogens is 226 g/mol. The first-order valence-electron chi connectivity index (χ1n) is 5.06. The second-order valence-electron chi connectivity index (χ2n) is 3.86. The molecular formula is C9H9N5O3. The Balaban J connectivity index is 2.23. The van der Waals surface area contributed by atoms with Crippen molar-refractivity contribution in [1.82, 2.24) is 19.1 Å². The number of hydrogen-bond acceptors (Lipinski definition) is 5. The molecule has 0 aliphatic carbocycles. The van der Waals surface area contributed by atoms with Gasteiger partial charge in [-0.1, -0.05) is 0 Å². The molecule has 1 aliphatic rings. The van der Waals surface area contributed by atoms with Gasteiger partial charge in [-0.3, -0.25) is 0 Å². The average molecular weight is 235 g/mol. The molecule has 0 amide bonds. The number of aromatic nitrogens is 4. The summed E-state index contributed by atoms with van der Waals surface area (Å²) in [6.07, 6.45) is 3.79. The van der Waals surface area contributed by atoms with E-state index < -0.39 is 11.0 Å². The van der Waals surface area contributed by atoms with Gasteiger partial charge in [0.15, 0.2) is 0 Å². The highest BCUT2D eigenvalue weighted by atomic mass is 16.6. The van der Waals surface area contributed by atoms with E-state index in [4.69, 9.17) is 0 Å². The highest BCUT2D eigenvalue weighted by Crippen LogP contribution is 2.26. The zero-order valence-corrected chi connectivity index (χ0v) is 8.72. The number of rotatable bonds is 1. The van der Waals surface area contributed by atoms with Crippen molar-refractivity contribution in [1.29, 1.82) is 0 Å². The topological polar surface area (TPSA) is 99.0 Å². The molecule has 8 heteroatoms. The lowest BCUT2D eigenvalue weighted by atomic mass is 10.3. The Kier molecular flexibility index (Phi) is 1.99. The summed E-state index contributed by atoms with van der Waals surface area (Å²) in [6.45, 7) is 0.505. The third kappa shape index (κ3) is 1.41. The fourth-order valence-corrected chi connectivity index (χ4v) is 2.03. The fourth-order valence-electron chi connectivity index (χ4n) is 2.03. The Hall–Kier alpha value is -2.22. The number of nitro groups is 1. The van der Waals surface area contributed by atoms with Gasteiger partial charge in [0.25, 0.3) is 5.82 Å². The van der Waals surface area contributed by atoms with Crippen LogP contribution in [0.15, 0.2) is 18.6 Å². The standard InChI is InChI=1S/C9H9N5O3/c15-6-4-12-2-1-10-8(12)9-11-3-7(14(16)17)13(9)5-6/h1-3,6,15H,4-5H2. The summed E-state index contributed by atoms with van der Waals surface area (Å²) in [7, 11) is 0. The monoisotopic (exact) mass is 235 g/mol. The predicted molar refractivity (Wildman–Crippen MR) is 56.1 cm³/mol. The quantitative estimate of drug-likeness (QED) is 0.555. The van der Waals surface area contributed by atoms with E-state index in [1.807, 2.05) is 0 Å². The van der Waals surface area contributed by atoms with Crippen LogP contribution in [0.4, 0.5) is 5.82 Å². The minimum atomic E-state index is -0.697. The van der Waals surface area contributed by atoms with Gasteiger partial charge in [0.2, 0.25) is 5.82 Å². The Bertz CT molecular complexity index is 587. The van der Waals surface area contributed by atoms with Crippen molar-refractivity contribution >= 4 is 5.82 Å². The summed E-state index contributed by atoms with van der Waals surface area (Å²) in [5, 5.41) is 20.6. The van der Waals surface area contributed by atoms with Crippen LogP contribution in [0.2, 0.25) is 0 Å².